The molecule has 5 rings (SSSR count). The van der Waals surface area contributed by atoms with Gasteiger partial charge in [0.25, 0.3) is 10.0 Å². The number of sulfonamides is 1. The number of aromatic nitrogens is 1. The molecule has 2 aromatic carbocycles. The van der Waals surface area contributed by atoms with Gasteiger partial charge in [0, 0.05) is 40.0 Å². The van der Waals surface area contributed by atoms with Gasteiger partial charge in [-0.2, -0.15) is 4.72 Å². The first-order valence-electron chi connectivity index (χ1n) is 11.0. The molecule has 4 aromatic rings. The number of hydrogen-bond donors (Lipinski definition) is 3. The van der Waals surface area contributed by atoms with Gasteiger partial charge in [-0.15, -0.1) is 22.7 Å². The van der Waals surface area contributed by atoms with Crippen LogP contribution in [0.1, 0.15) is 17.0 Å². The minimum absolute atomic E-state index is 0.0534. The molecule has 1 unspecified atom stereocenters. The number of halogens is 1. The van der Waals surface area contributed by atoms with E-state index in [-0.39, 0.29) is 17.2 Å². The van der Waals surface area contributed by atoms with Gasteiger partial charge in [-0.3, -0.25) is 4.79 Å². The molecule has 1 fully saturated rings. The second kappa shape index (κ2) is 9.70. The third-order valence-corrected chi connectivity index (χ3v) is 10.6. The molecule has 36 heavy (non-hydrogen) atoms. The molecule has 1 saturated carbocycles. The number of carboxylic acids is 1. The summed E-state index contributed by atoms with van der Waals surface area (Å²) in [5.41, 5.74) is -1.06. The summed E-state index contributed by atoms with van der Waals surface area (Å²) >= 11 is 8.54. The van der Waals surface area contributed by atoms with Crippen molar-refractivity contribution in [2.24, 2.45) is 0 Å². The Morgan fingerprint density at radius 3 is 2.50 bits per heavy atom. The number of hydrogen-bond acceptors (Lipinski definition) is 7. The number of benzene rings is 2. The molecule has 1 aliphatic rings. The van der Waals surface area contributed by atoms with Crippen molar-refractivity contribution in [3.05, 3.63) is 93.9 Å². The number of carbonyl (C=O) groups is 1. The maximum absolute atomic E-state index is 13.5. The number of thiazole rings is 1. The van der Waals surface area contributed by atoms with Crippen molar-refractivity contribution in [1.29, 1.82) is 0 Å². The molecule has 0 amide bonds. The van der Waals surface area contributed by atoms with Crippen LogP contribution in [0.5, 0.6) is 0 Å². The fraction of sp³-hybridized carbons (Fsp3) is 0.200. The average Bonchev–Trinajstić information content (AvgIpc) is 3.26. The number of nitrogens with one attached hydrogen (secondary N) is 2. The van der Waals surface area contributed by atoms with E-state index in [9.17, 15) is 18.3 Å². The van der Waals surface area contributed by atoms with Gasteiger partial charge in [0.15, 0.2) is 0 Å². The lowest BCUT2D eigenvalue weighted by Crippen LogP contribution is -2.51. The lowest BCUT2D eigenvalue weighted by atomic mass is 9.90. The molecule has 0 aliphatic heterocycles. The van der Waals surface area contributed by atoms with Crippen LogP contribution in [0.3, 0.4) is 0 Å². The van der Waals surface area contributed by atoms with Crippen molar-refractivity contribution in [2.75, 3.05) is 6.54 Å². The van der Waals surface area contributed by atoms with Gasteiger partial charge in [0.05, 0.1) is 0 Å². The van der Waals surface area contributed by atoms with Gasteiger partial charge in [-0.05, 0) is 41.8 Å². The molecule has 1 aliphatic carbocycles. The third-order valence-electron chi connectivity index (χ3n) is 6.42. The van der Waals surface area contributed by atoms with Gasteiger partial charge in [0.1, 0.15) is 14.8 Å². The minimum atomic E-state index is -4.12. The van der Waals surface area contributed by atoms with Gasteiger partial charge in [-0.25, -0.2) is 13.4 Å². The summed E-state index contributed by atoms with van der Waals surface area (Å²) in [6, 6.07) is 19.5. The first-order valence-corrected chi connectivity index (χ1v) is 14.6. The minimum Gasteiger partial charge on any atom is -0.480 e. The monoisotopic (exact) mass is 559 g/mol. The quantitative estimate of drug-likeness (QED) is 0.258. The van der Waals surface area contributed by atoms with Crippen molar-refractivity contribution >= 4 is 50.3 Å². The fourth-order valence-corrected chi connectivity index (χ4v) is 7.97. The largest absolute Gasteiger partial charge is 0.480 e. The molecule has 0 saturated heterocycles. The molecule has 2 aromatic heterocycles. The zero-order valence-electron chi connectivity index (χ0n) is 18.8. The average molecular weight is 560 g/mol. The van der Waals surface area contributed by atoms with Crippen LogP contribution in [0.2, 0.25) is 5.02 Å². The Bertz CT molecular complexity index is 1470. The first-order chi connectivity index (χ1) is 17.3. The standard InChI is InChI=1S/C25H22ClN3O4S3/c26-19-8-6-17(7-9-19)20-10-11-22(35-20)36(32,33)29-25(23(30)31)15-24(25,18-4-2-1-3-5-18)16-27-14-21-28-12-13-34-21/h1-13,27,29H,14-16H2,(H,30,31)/t24-,25?/m1/s1. The van der Waals surface area contributed by atoms with E-state index >= 15 is 0 Å². The van der Waals surface area contributed by atoms with Crippen LogP contribution >= 0.6 is 34.3 Å². The summed E-state index contributed by atoms with van der Waals surface area (Å²) in [7, 11) is -4.12. The van der Waals surface area contributed by atoms with E-state index in [1.165, 1.54) is 17.4 Å². The Kier molecular flexibility index (Phi) is 6.75. The Morgan fingerprint density at radius 2 is 1.83 bits per heavy atom. The molecular weight excluding hydrogens is 538 g/mol. The number of thiophene rings is 1. The molecule has 3 N–H and O–H groups in total. The van der Waals surface area contributed by atoms with Crippen LogP contribution in [0, 0.1) is 0 Å². The maximum atomic E-state index is 13.5. The zero-order chi connectivity index (χ0) is 25.4. The van der Waals surface area contributed by atoms with Crippen LogP contribution in [0.25, 0.3) is 10.4 Å². The van der Waals surface area contributed by atoms with Crippen molar-refractivity contribution in [2.45, 2.75) is 28.1 Å². The summed E-state index contributed by atoms with van der Waals surface area (Å²) in [5.74, 6) is -1.21. The Balaban J connectivity index is 1.44. The third kappa shape index (κ3) is 4.60. The Morgan fingerprint density at radius 1 is 1.08 bits per heavy atom. The highest BCUT2D eigenvalue weighted by Crippen LogP contribution is 2.58. The predicted molar refractivity (Wildman–Crippen MR) is 142 cm³/mol. The molecule has 7 nitrogen and oxygen atoms in total. The van der Waals surface area contributed by atoms with Crippen LogP contribution in [0.15, 0.2) is 82.5 Å². The predicted octanol–water partition coefficient (Wildman–Crippen LogP) is 4.76. The highest BCUT2D eigenvalue weighted by molar-refractivity contribution is 7.91. The van der Waals surface area contributed by atoms with E-state index in [2.05, 4.69) is 15.0 Å². The smallest absolute Gasteiger partial charge is 0.325 e. The molecule has 0 radical (unpaired) electrons. The van der Waals surface area contributed by atoms with E-state index in [1.807, 2.05) is 47.8 Å². The van der Waals surface area contributed by atoms with E-state index in [0.717, 1.165) is 32.3 Å². The van der Waals surface area contributed by atoms with Crippen LogP contribution in [-0.4, -0.2) is 36.6 Å². The summed E-state index contributed by atoms with van der Waals surface area (Å²) in [6.45, 7) is 0.732. The Hall–Kier alpha value is -2.60. The van der Waals surface area contributed by atoms with Crippen molar-refractivity contribution < 1.29 is 18.3 Å². The summed E-state index contributed by atoms with van der Waals surface area (Å²) in [4.78, 5) is 17.7. The molecule has 0 bridgehead atoms. The second-order valence-electron chi connectivity index (χ2n) is 8.60. The van der Waals surface area contributed by atoms with E-state index < -0.39 is 26.9 Å². The van der Waals surface area contributed by atoms with E-state index in [0.29, 0.717) is 11.6 Å². The zero-order valence-corrected chi connectivity index (χ0v) is 22.1. The van der Waals surface area contributed by atoms with Crippen LogP contribution < -0.4 is 10.0 Å². The molecule has 2 heterocycles. The van der Waals surface area contributed by atoms with Gasteiger partial charge >= 0.3 is 5.97 Å². The van der Waals surface area contributed by atoms with Crippen molar-refractivity contribution in [3.63, 3.8) is 0 Å². The highest BCUT2D eigenvalue weighted by atomic mass is 35.5. The molecule has 11 heteroatoms. The Labute approximate surface area is 221 Å². The summed E-state index contributed by atoms with van der Waals surface area (Å²) in [5, 5.41) is 17.0. The number of rotatable bonds is 10. The molecule has 186 valence electrons. The number of nitrogens with zero attached hydrogens (tertiary/aromatic N) is 1. The molecule has 0 spiro atoms. The lowest BCUT2D eigenvalue weighted by Gasteiger charge is -2.24. The normalized spacial score (nSPS) is 21.4. The van der Waals surface area contributed by atoms with Crippen molar-refractivity contribution in [1.82, 2.24) is 15.0 Å². The van der Waals surface area contributed by atoms with E-state index in [1.54, 1.807) is 24.4 Å². The van der Waals surface area contributed by atoms with Gasteiger partial charge < -0.3 is 10.4 Å². The second-order valence-corrected chi connectivity index (χ2v) is 13.0. The fourth-order valence-electron chi connectivity index (χ4n) is 4.52. The topological polar surface area (TPSA) is 108 Å². The van der Waals surface area contributed by atoms with Gasteiger partial charge in [0.2, 0.25) is 0 Å². The molecule has 2 atom stereocenters. The highest BCUT2D eigenvalue weighted by Gasteiger charge is 2.74. The number of aliphatic carboxylic acids is 1. The lowest BCUT2D eigenvalue weighted by molar-refractivity contribution is -0.140. The van der Waals surface area contributed by atoms with Crippen molar-refractivity contribution in [3.8, 4) is 10.4 Å². The summed E-state index contributed by atoms with van der Waals surface area (Å²) in [6.07, 6.45) is 1.83. The summed E-state index contributed by atoms with van der Waals surface area (Å²) < 4.78 is 29.5. The molecular formula is C25H22ClN3O4S3. The van der Waals surface area contributed by atoms with Crippen LogP contribution in [-0.2, 0) is 26.8 Å². The number of carboxylic acid groups (broad SMARTS) is 1. The van der Waals surface area contributed by atoms with Gasteiger partial charge in [-0.1, -0.05) is 54.1 Å². The first kappa shape index (κ1) is 25.1. The maximum Gasteiger partial charge on any atom is 0.325 e. The van der Waals surface area contributed by atoms with E-state index in [4.69, 9.17) is 11.6 Å². The SMILES string of the molecule is O=C(O)C1(NS(=O)(=O)c2ccc(-c3ccc(Cl)cc3)s2)C[C@@]1(CNCc1nccs1)c1ccccc1. The van der Waals surface area contributed by atoms with Crippen LogP contribution in [0.4, 0.5) is 0 Å².